The zero-order valence-corrected chi connectivity index (χ0v) is 14.8. The van der Waals surface area contributed by atoms with E-state index in [1.807, 2.05) is 20.8 Å². The van der Waals surface area contributed by atoms with E-state index < -0.39 is 16.6 Å². The lowest BCUT2D eigenvalue weighted by Gasteiger charge is -2.30. The topological polar surface area (TPSA) is 78.9 Å². The van der Waals surface area contributed by atoms with Gasteiger partial charge in [-0.2, -0.15) is 0 Å². The van der Waals surface area contributed by atoms with E-state index >= 15 is 0 Å². The summed E-state index contributed by atoms with van der Waals surface area (Å²) in [7, 11) is -2.78. The third kappa shape index (κ3) is 8.10. The van der Waals surface area contributed by atoms with Crippen molar-refractivity contribution in [1.82, 2.24) is 0 Å². The maximum absolute atomic E-state index is 11.5. The standard InChI is InChI=1S/C15H28O6S/c1-11(21-22(17)18)13-7-5-12(6-8-13)9-19-10-14(16)20-15(2,3)4/h11-13,22H,5-10H2,1-4H3/t11?,12-,13-. The van der Waals surface area contributed by atoms with E-state index in [-0.39, 0.29) is 24.6 Å². The van der Waals surface area contributed by atoms with Crippen LogP contribution in [0.2, 0.25) is 0 Å². The summed E-state index contributed by atoms with van der Waals surface area (Å²) in [6.07, 6.45) is 3.50. The second-order valence-electron chi connectivity index (χ2n) is 6.92. The SMILES string of the molecule is CC(O[SH](=O)=O)[C@H]1CC[C@H](COCC(=O)OC(C)(C)C)CC1. The first-order chi connectivity index (χ1) is 10.2. The third-order valence-electron chi connectivity index (χ3n) is 3.80. The van der Waals surface area contributed by atoms with Crippen molar-refractivity contribution in [3.63, 3.8) is 0 Å². The molecule has 0 saturated heterocycles. The zero-order valence-electron chi connectivity index (χ0n) is 13.9. The number of hydrogen-bond donors (Lipinski definition) is 1. The first kappa shape index (κ1) is 19.4. The maximum Gasteiger partial charge on any atom is 0.332 e. The molecule has 0 aliphatic heterocycles. The van der Waals surface area contributed by atoms with Crippen molar-refractivity contribution in [3.05, 3.63) is 0 Å². The lowest BCUT2D eigenvalue weighted by molar-refractivity contribution is -0.160. The highest BCUT2D eigenvalue weighted by Gasteiger charge is 2.26. The number of thiol groups is 1. The zero-order chi connectivity index (χ0) is 16.8. The van der Waals surface area contributed by atoms with Gasteiger partial charge < -0.3 is 9.47 Å². The fourth-order valence-corrected chi connectivity index (χ4v) is 3.17. The Kier molecular flexibility index (Phi) is 7.79. The summed E-state index contributed by atoms with van der Waals surface area (Å²) in [5.74, 6) is 0.337. The number of hydrogen-bond acceptors (Lipinski definition) is 6. The van der Waals surface area contributed by atoms with Gasteiger partial charge in [-0.3, -0.25) is 4.18 Å². The molecule has 1 aliphatic carbocycles. The Labute approximate surface area is 134 Å². The van der Waals surface area contributed by atoms with Gasteiger partial charge in [0.05, 0.1) is 12.7 Å². The van der Waals surface area contributed by atoms with Crippen molar-refractivity contribution in [2.24, 2.45) is 11.8 Å². The molecule has 0 amide bonds. The highest BCUT2D eigenvalue weighted by molar-refractivity contribution is 7.67. The molecule has 0 aromatic rings. The van der Waals surface area contributed by atoms with Gasteiger partial charge in [0, 0.05) is 0 Å². The molecule has 0 aromatic heterocycles. The highest BCUT2D eigenvalue weighted by atomic mass is 32.2. The maximum atomic E-state index is 11.5. The quantitative estimate of drug-likeness (QED) is 0.566. The summed E-state index contributed by atoms with van der Waals surface area (Å²) in [6, 6.07) is 0. The molecule has 1 atom stereocenters. The molecule has 0 aromatic carbocycles. The molecular formula is C15H28O6S. The molecule has 0 heterocycles. The van der Waals surface area contributed by atoms with Gasteiger partial charge in [-0.25, -0.2) is 13.2 Å². The van der Waals surface area contributed by atoms with Crippen LogP contribution in [0.4, 0.5) is 0 Å². The average molecular weight is 336 g/mol. The molecule has 1 unspecified atom stereocenters. The first-order valence-electron chi connectivity index (χ1n) is 7.78. The van der Waals surface area contributed by atoms with Crippen LogP contribution in [-0.4, -0.2) is 39.3 Å². The molecule has 1 rings (SSSR count). The minimum Gasteiger partial charge on any atom is -0.458 e. The van der Waals surface area contributed by atoms with Crippen LogP contribution in [0, 0.1) is 11.8 Å². The van der Waals surface area contributed by atoms with Crippen LogP contribution in [0.15, 0.2) is 0 Å². The van der Waals surface area contributed by atoms with Crippen LogP contribution in [0.25, 0.3) is 0 Å². The van der Waals surface area contributed by atoms with Gasteiger partial charge in [0.15, 0.2) is 0 Å². The fourth-order valence-electron chi connectivity index (χ4n) is 2.73. The molecule has 1 fully saturated rings. The molecule has 22 heavy (non-hydrogen) atoms. The molecular weight excluding hydrogens is 308 g/mol. The largest absolute Gasteiger partial charge is 0.458 e. The molecule has 0 spiro atoms. The van der Waals surface area contributed by atoms with Crippen molar-refractivity contribution in [1.29, 1.82) is 0 Å². The van der Waals surface area contributed by atoms with Gasteiger partial charge in [0.2, 0.25) is 0 Å². The lowest BCUT2D eigenvalue weighted by Crippen LogP contribution is -2.29. The van der Waals surface area contributed by atoms with E-state index in [4.69, 9.17) is 13.7 Å². The first-order valence-corrected chi connectivity index (χ1v) is 8.87. The van der Waals surface area contributed by atoms with Crippen molar-refractivity contribution in [2.45, 2.75) is 65.1 Å². The summed E-state index contributed by atoms with van der Waals surface area (Å²) < 4.78 is 36.6. The van der Waals surface area contributed by atoms with Crippen molar-refractivity contribution >= 4 is 17.0 Å². The smallest absolute Gasteiger partial charge is 0.332 e. The monoisotopic (exact) mass is 336 g/mol. The van der Waals surface area contributed by atoms with Gasteiger partial charge in [0.25, 0.3) is 11.0 Å². The Morgan fingerprint density at radius 1 is 1.18 bits per heavy atom. The van der Waals surface area contributed by atoms with Crippen molar-refractivity contribution in [2.75, 3.05) is 13.2 Å². The summed E-state index contributed by atoms with van der Waals surface area (Å²) in [5.41, 5.74) is -0.489. The van der Waals surface area contributed by atoms with Crippen LogP contribution >= 0.6 is 0 Å². The molecule has 0 N–H and O–H groups in total. The summed E-state index contributed by atoms with van der Waals surface area (Å²) >= 11 is 0. The molecule has 0 radical (unpaired) electrons. The van der Waals surface area contributed by atoms with E-state index in [0.717, 1.165) is 25.7 Å². The Morgan fingerprint density at radius 2 is 1.77 bits per heavy atom. The van der Waals surface area contributed by atoms with Crippen LogP contribution in [0.1, 0.15) is 53.4 Å². The molecule has 6 nitrogen and oxygen atoms in total. The van der Waals surface area contributed by atoms with Crippen LogP contribution in [0.5, 0.6) is 0 Å². The number of rotatable bonds is 7. The van der Waals surface area contributed by atoms with Crippen molar-refractivity contribution < 1.29 is 26.9 Å². The summed E-state index contributed by atoms with van der Waals surface area (Å²) in [6.45, 7) is 7.79. The van der Waals surface area contributed by atoms with Crippen LogP contribution in [0.3, 0.4) is 0 Å². The minimum absolute atomic E-state index is 0.0205. The normalized spacial score (nSPS) is 24.2. The Balaban J connectivity index is 2.19. The Morgan fingerprint density at radius 3 is 2.27 bits per heavy atom. The lowest BCUT2D eigenvalue weighted by atomic mass is 9.80. The van der Waals surface area contributed by atoms with E-state index in [2.05, 4.69) is 0 Å². The number of esters is 1. The number of ether oxygens (including phenoxy) is 2. The number of carbonyl (C=O) groups is 1. The van der Waals surface area contributed by atoms with Gasteiger partial charge >= 0.3 is 5.97 Å². The number of carbonyl (C=O) groups excluding carboxylic acids is 1. The second kappa shape index (κ2) is 8.84. The van der Waals surface area contributed by atoms with Crippen molar-refractivity contribution in [3.8, 4) is 0 Å². The molecule has 7 heteroatoms. The van der Waals surface area contributed by atoms with E-state index in [1.165, 1.54) is 0 Å². The van der Waals surface area contributed by atoms with Gasteiger partial charge in [-0.05, 0) is 65.2 Å². The predicted molar refractivity (Wildman–Crippen MR) is 83.0 cm³/mol. The summed E-state index contributed by atoms with van der Waals surface area (Å²) in [4.78, 5) is 11.5. The van der Waals surface area contributed by atoms with E-state index in [9.17, 15) is 13.2 Å². The van der Waals surface area contributed by atoms with Gasteiger partial charge in [0.1, 0.15) is 12.2 Å². The van der Waals surface area contributed by atoms with E-state index in [0.29, 0.717) is 12.5 Å². The second-order valence-corrected chi connectivity index (χ2v) is 7.57. The minimum atomic E-state index is -2.78. The fraction of sp³-hybridized carbons (Fsp3) is 0.933. The molecule has 130 valence electrons. The van der Waals surface area contributed by atoms with Gasteiger partial charge in [-0.1, -0.05) is 0 Å². The van der Waals surface area contributed by atoms with Crippen LogP contribution < -0.4 is 0 Å². The third-order valence-corrected chi connectivity index (χ3v) is 4.31. The molecule has 0 bridgehead atoms. The highest BCUT2D eigenvalue weighted by Crippen LogP contribution is 2.32. The summed E-state index contributed by atoms with van der Waals surface area (Å²) in [5, 5.41) is 0. The molecule has 1 aliphatic rings. The predicted octanol–water partition coefficient (Wildman–Crippen LogP) is 2.08. The Hall–Kier alpha value is -0.660. The van der Waals surface area contributed by atoms with Crippen LogP contribution in [-0.2, 0) is 29.4 Å². The van der Waals surface area contributed by atoms with Gasteiger partial charge in [-0.15, -0.1) is 0 Å². The average Bonchev–Trinajstić information content (AvgIpc) is 2.36. The Bertz CT molecular complexity index is 410. The van der Waals surface area contributed by atoms with E-state index in [1.54, 1.807) is 6.92 Å². The molecule has 1 saturated carbocycles.